The second-order valence-electron chi connectivity index (χ2n) is 6.66. The Morgan fingerprint density at radius 1 is 1.38 bits per heavy atom. The molecule has 2 aliphatic rings. The van der Waals surface area contributed by atoms with Crippen LogP contribution < -0.4 is 5.32 Å². The first kappa shape index (κ1) is 19.6. The molecule has 1 aliphatic heterocycles. The monoisotopic (exact) mass is 401 g/mol. The van der Waals surface area contributed by atoms with E-state index in [0.29, 0.717) is 12.6 Å². The number of carbonyl (C=O) groups excluding carboxylic acids is 1. The van der Waals surface area contributed by atoms with Gasteiger partial charge in [-0.15, -0.1) is 0 Å². The van der Waals surface area contributed by atoms with Gasteiger partial charge in [-0.1, -0.05) is 23.7 Å². The molecule has 0 unspecified atom stereocenters. The number of likely N-dealkylation sites (N-methyl/N-ethyl adjacent to an activating group) is 1. The van der Waals surface area contributed by atoms with E-state index in [1.54, 1.807) is 12.1 Å². The maximum absolute atomic E-state index is 12.8. The van der Waals surface area contributed by atoms with E-state index in [-0.39, 0.29) is 35.5 Å². The van der Waals surface area contributed by atoms with Crippen molar-refractivity contribution < 1.29 is 17.9 Å². The molecule has 1 atom stereocenters. The van der Waals surface area contributed by atoms with E-state index in [4.69, 9.17) is 16.3 Å². The fourth-order valence-electron chi connectivity index (χ4n) is 2.96. The van der Waals surface area contributed by atoms with Gasteiger partial charge in [-0.25, -0.2) is 8.42 Å². The second kappa shape index (κ2) is 8.22. The molecule has 7 nitrogen and oxygen atoms in total. The molecule has 1 aliphatic carbocycles. The maximum Gasteiger partial charge on any atom is 0.250 e. The highest BCUT2D eigenvalue weighted by Gasteiger charge is 2.35. The summed E-state index contributed by atoms with van der Waals surface area (Å²) in [6.07, 6.45) is 1.61. The van der Waals surface area contributed by atoms with Gasteiger partial charge in [0, 0.05) is 32.2 Å². The molecule has 1 aromatic rings. The van der Waals surface area contributed by atoms with E-state index in [1.807, 2.05) is 7.05 Å². The summed E-state index contributed by atoms with van der Waals surface area (Å²) in [4.78, 5) is 14.6. The van der Waals surface area contributed by atoms with Crippen molar-refractivity contribution in [3.8, 4) is 0 Å². The van der Waals surface area contributed by atoms with Crippen molar-refractivity contribution in [2.75, 3.05) is 39.8 Å². The van der Waals surface area contributed by atoms with Crippen LogP contribution in [0.15, 0.2) is 29.2 Å². The Hall–Kier alpha value is -1.19. The van der Waals surface area contributed by atoms with Crippen molar-refractivity contribution in [1.29, 1.82) is 0 Å². The molecule has 3 rings (SSSR count). The van der Waals surface area contributed by atoms with Gasteiger partial charge in [0.05, 0.1) is 11.6 Å². The molecule has 1 heterocycles. The molecule has 0 spiro atoms. The number of rotatable bonds is 7. The lowest BCUT2D eigenvalue weighted by molar-refractivity contribution is -0.136. The lowest BCUT2D eigenvalue weighted by Gasteiger charge is -2.31. The van der Waals surface area contributed by atoms with Crippen LogP contribution in [0.25, 0.3) is 0 Å². The predicted molar refractivity (Wildman–Crippen MR) is 98.6 cm³/mol. The lowest BCUT2D eigenvalue weighted by atomic mass is 10.3. The zero-order valence-corrected chi connectivity index (χ0v) is 16.3. The fraction of sp³-hybridized carbons (Fsp3) is 0.588. The Morgan fingerprint density at radius 3 is 2.81 bits per heavy atom. The van der Waals surface area contributed by atoms with E-state index in [9.17, 15) is 13.2 Å². The normalized spacial score (nSPS) is 21.7. The van der Waals surface area contributed by atoms with Crippen molar-refractivity contribution in [2.24, 2.45) is 0 Å². The highest BCUT2D eigenvalue weighted by Crippen LogP contribution is 2.26. The minimum atomic E-state index is -3.76. The van der Waals surface area contributed by atoms with Crippen LogP contribution >= 0.6 is 11.6 Å². The summed E-state index contributed by atoms with van der Waals surface area (Å²) < 4.78 is 32.4. The Kier molecular flexibility index (Phi) is 6.19. The quantitative estimate of drug-likeness (QED) is 0.735. The van der Waals surface area contributed by atoms with E-state index in [0.717, 1.165) is 6.54 Å². The molecule has 0 radical (unpaired) electrons. The van der Waals surface area contributed by atoms with Crippen molar-refractivity contribution in [1.82, 2.24) is 14.5 Å². The third-order valence-corrected chi connectivity index (χ3v) is 7.07. The first-order chi connectivity index (χ1) is 12.4. The SMILES string of the molecule is CN(CCNC(=O)[C@@H]1CN(S(=O)(=O)c2ccccc2Cl)CCO1)C1CC1. The predicted octanol–water partition coefficient (Wildman–Crippen LogP) is 0.940. The summed E-state index contributed by atoms with van der Waals surface area (Å²) in [6, 6.07) is 6.94. The lowest BCUT2D eigenvalue weighted by Crippen LogP contribution is -2.52. The molecule has 1 saturated carbocycles. The minimum absolute atomic E-state index is 0.0160. The molecule has 144 valence electrons. The molecular formula is C17H24ClN3O4S. The number of hydrogen-bond acceptors (Lipinski definition) is 5. The van der Waals surface area contributed by atoms with Gasteiger partial charge >= 0.3 is 0 Å². The average Bonchev–Trinajstić information content (AvgIpc) is 3.47. The Bertz CT molecular complexity index is 754. The highest BCUT2D eigenvalue weighted by atomic mass is 35.5. The van der Waals surface area contributed by atoms with Crippen LogP contribution in [0.4, 0.5) is 0 Å². The Morgan fingerprint density at radius 2 is 2.12 bits per heavy atom. The number of halogens is 1. The molecule has 26 heavy (non-hydrogen) atoms. The maximum atomic E-state index is 12.8. The molecule has 9 heteroatoms. The molecule has 0 bridgehead atoms. The summed E-state index contributed by atoms with van der Waals surface area (Å²) in [6.45, 7) is 1.64. The molecule has 1 saturated heterocycles. The topological polar surface area (TPSA) is 79.0 Å². The van der Waals surface area contributed by atoms with E-state index in [1.165, 1.54) is 29.3 Å². The van der Waals surface area contributed by atoms with Crippen LogP contribution in [0, 0.1) is 0 Å². The number of morpholine rings is 1. The number of amides is 1. The number of carbonyl (C=O) groups is 1. The van der Waals surface area contributed by atoms with Gasteiger partial charge in [0.15, 0.2) is 0 Å². The van der Waals surface area contributed by atoms with Crippen LogP contribution in [0.2, 0.25) is 5.02 Å². The smallest absolute Gasteiger partial charge is 0.250 e. The molecular weight excluding hydrogens is 378 g/mol. The number of nitrogens with one attached hydrogen (secondary N) is 1. The van der Waals surface area contributed by atoms with Crippen LogP contribution in [-0.2, 0) is 19.6 Å². The number of benzene rings is 1. The van der Waals surface area contributed by atoms with Crippen molar-refractivity contribution in [2.45, 2.75) is 29.9 Å². The standard InChI is InChI=1S/C17H24ClN3O4S/c1-20(13-6-7-13)9-8-19-17(22)15-12-21(10-11-25-15)26(23,24)16-5-3-2-4-14(16)18/h2-5,13,15H,6-12H2,1H3,(H,19,22)/t15-/m0/s1. The van der Waals surface area contributed by atoms with Gasteiger partial charge in [-0.2, -0.15) is 4.31 Å². The van der Waals surface area contributed by atoms with Gasteiger partial charge in [0.1, 0.15) is 11.0 Å². The zero-order chi connectivity index (χ0) is 18.7. The van der Waals surface area contributed by atoms with Gasteiger partial charge in [-0.05, 0) is 32.0 Å². The Balaban J connectivity index is 1.58. The Labute approximate surface area is 159 Å². The summed E-state index contributed by atoms with van der Waals surface area (Å²) in [5.74, 6) is -0.284. The fourth-order valence-corrected chi connectivity index (χ4v) is 4.88. The first-order valence-electron chi connectivity index (χ1n) is 8.74. The van der Waals surface area contributed by atoms with Crippen LogP contribution in [0.5, 0.6) is 0 Å². The molecule has 1 aromatic carbocycles. The van der Waals surface area contributed by atoms with Crippen molar-refractivity contribution in [3.05, 3.63) is 29.3 Å². The van der Waals surface area contributed by atoms with Crippen molar-refractivity contribution in [3.63, 3.8) is 0 Å². The third-order valence-electron chi connectivity index (χ3n) is 4.71. The van der Waals surface area contributed by atoms with Gasteiger partial charge < -0.3 is 15.0 Å². The average molecular weight is 402 g/mol. The van der Waals surface area contributed by atoms with Crippen LogP contribution in [-0.4, -0.2) is 75.5 Å². The number of hydrogen-bond donors (Lipinski definition) is 1. The van der Waals surface area contributed by atoms with Gasteiger partial charge in [-0.3, -0.25) is 4.79 Å². The first-order valence-corrected chi connectivity index (χ1v) is 10.6. The summed E-state index contributed by atoms with van der Waals surface area (Å²) >= 11 is 6.03. The zero-order valence-electron chi connectivity index (χ0n) is 14.7. The molecule has 1 amide bonds. The number of sulfonamides is 1. The molecule has 2 fully saturated rings. The third kappa shape index (κ3) is 4.55. The van der Waals surface area contributed by atoms with E-state index >= 15 is 0 Å². The highest BCUT2D eigenvalue weighted by molar-refractivity contribution is 7.89. The molecule has 0 aromatic heterocycles. The largest absolute Gasteiger partial charge is 0.366 e. The molecule has 1 N–H and O–H groups in total. The van der Waals surface area contributed by atoms with Gasteiger partial charge in [0.2, 0.25) is 10.0 Å². The summed E-state index contributed by atoms with van der Waals surface area (Å²) in [5, 5.41) is 3.01. The van der Waals surface area contributed by atoms with Gasteiger partial charge in [0.25, 0.3) is 5.91 Å². The van der Waals surface area contributed by atoms with E-state index < -0.39 is 16.1 Å². The summed E-state index contributed by atoms with van der Waals surface area (Å²) in [7, 11) is -1.72. The van der Waals surface area contributed by atoms with Crippen molar-refractivity contribution >= 4 is 27.5 Å². The van der Waals surface area contributed by atoms with Crippen LogP contribution in [0.1, 0.15) is 12.8 Å². The number of nitrogens with zero attached hydrogens (tertiary/aromatic N) is 2. The second-order valence-corrected chi connectivity index (χ2v) is 8.97. The van der Waals surface area contributed by atoms with E-state index in [2.05, 4.69) is 10.2 Å². The summed E-state index contributed by atoms with van der Waals surface area (Å²) in [5.41, 5.74) is 0. The minimum Gasteiger partial charge on any atom is -0.366 e. The van der Waals surface area contributed by atoms with Crippen LogP contribution in [0.3, 0.4) is 0 Å². The number of ether oxygens (including phenoxy) is 1.